The summed E-state index contributed by atoms with van der Waals surface area (Å²) < 4.78 is 0. The number of urea groups is 1. The number of carbonyl (C=O) groups excluding carboxylic acids is 1. The average Bonchev–Trinajstić information content (AvgIpc) is 2.85. The SMILES string of the molecule is CC1(NC(=O)NCCc2ccccc2C(=O)O)CCCC1. The van der Waals surface area contributed by atoms with Crippen LogP contribution in [0, 0.1) is 0 Å². The normalized spacial score (nSPS) is 16.4. The second kappa shape index (κ2) is 6.61. The van der Waals surface area contributed by atoms with E-state index in [9.17, 15) is 9.59 Å². The smallest absolute Gasteiger partial charge is 0.335 e. The first-order valence-electron chi connectivity index (χ1n) is 7.37. The number of nitrogens with one attached hydrogen (secondary N) is 2. The van der Waals surface area contributed by atoms with E-state index in [-0.39, 0.29) is 11.6 Å². The van der Waals surface area contributed by atoms with Crippen molar-refractivity contribution in [3.05, 3.63) is 35.4 Å². The van der Waals surface area contributed by atoms with Gasteiger partial charge in [-0.05, 0) is 37.8 Å². The lowest BCUT2D eigenvalue weighted by Gasteiger charge is -2.25. The van der Waals surface area contributed by atoms with Crippen LogP contribution in [0.3, 0.4) is 0 Å². The van der Waals surface area contributed by atoms with Crippen molar-refractivity contribution in [3.63, 3.8) is 0 Å². The Balaban J connectivity index is 1.81. The monoisotopic (exact) mass is 290 g/mol. The number of carbonyl (C=O) groups is 2. The second-order valence-corrected chi connectivity index (χ2v) is 5.86. The summed E-state index contributed by atoms with van der Waals surface area (Å²) in [6, 6.07) is 6.70. The van der Waals surface area contributed by atoms with Crippen LogP contribution in [0.5, 0.6) is 0 Å². The quantitative estimate of drug-likeness (QED) is 0.780. The molecule has 2 rings (SSSR count). The number of rotatable bonds is 5. The molecule has 114 valence electrons. The predicted octanol–water partition coefficient (Wildman–Crippen LogP) is 2.56. The van der Waals surface area contributed by atoms with E-state index in [1.165, 1.54) is 0 Å². The van der Waals surface area contributed by atoms with Crippen LogP contribution in [-0.2, 0) is 6.42 Å². The lowest BCUT2D eigenvalue weighted by atomic mass is 10.0. The van der Waals surface area contributed by atoms with Crippen molar-refractivity contribution < 1.29 is 14.7 Å². The number of carboxylic acids is 1. The topological polar surface area (TPSA) is 78.4 Å². The lowest BCUT2D eigenvalue weighted by Crippen LogP contribution is -2.48. The van der Waals surface area contributed by atoms with Crippen LogP contribution in [0.25, 0.3) is 0 Å². The molecule has 2 amide bonds. The summed E-state index contributed by atoms with van der Waals surface area (Å²) in [4.78, 5) is 23.0. The maximum Gasteiger partial charge on any atom is 0.335 e. The average molecular weight is 290 g/mol. The first kappa shape index (κ1) is 15.4. The Hall–Kier alpha value is -2.04. The van der Waals surface area contributed by atoms with Crippen molar-refractivity contribution in [2.24, 2.45) is 0 Å². The zero-order chi connectivity index (χ0) is 15.3. The Morgan fingerprint density at radius 1 is 1.24 bits per heavy atom. The molecule has 0 radical (unpaired) electrons. The van der Waals surface area contributed by atoms with Crippen LogP contribution in [0.1, 0.15) is 48.5 Å². The summed E-state index contributed by atoms with van der Waals surface area (Å²) >= 11 is 0. The van der Waals surface area contributed by atoms with Gasteiger partial charge in [0.15, 0.2) is 0 Å². The van der Waals surface area contributed by atoms with Gasteiger partial charge in [0.05, 0.1) is 5.56 Å². The summed E-state index contributed by atoms with van der Waals surface area (Å²) in [5.74, 6) is -0.937. The highest BCUT2D eigenvalue weighted by Crippen LogP contribution is 2.28. The largest absolute Gasteiger partial charge is 0.478 e. The van der Waals surface area contributed by atoms with E-state index in [0.29, 0.717) is 18.5 Å². The number of amides is 2. The van der Waals surface area contributed by atoms with E-state index in [1.807, 2.05) is 0 Å². The van der Waals surface area contributed by atoms with Crippen LogP contribution >= 0.6 is 0 Å². The number of hydrogen-bond donors (Lipinski definition) is 3. The molecule has 0 saturated heterocycles. The molecular weight excluding hydrogens is 268 g/mol. The predicted molar refractivity (Wildman–Crippen MR) is 80.5 cm³/mol. The Kier molecular flexibility index (Phi) is 4.83. The van der Waals surface area contributed by atoms with Crippen molar-refractivity contribution in [2.45, 2.75) is 44.6 Å². The molecule has 0 aromatic heterocycles. The fourth-order valence-corrected chi connectivity index (χ4v) is 2.86. The van der Waals surface area contributed by atoms with E-state index in [2.05, 4.69) is 17.6 Å². The van der Waals surface area contributed by atoms with Crippen LogP contribution in [-0.4, -0.2) is 29.2 Å². The van der Waals surface area contributed by atoms with Gasteiger partial charge in [0.25, 0.3) is 0 Å². The van der Waals surface area contributed by atoms with Crippen molar-refractivity contribution in [1.29, 1.82) is 0 Å². The second-order valence-electron chi connectivity index (χ2n) is 5.86. The molecule has 0 spiro atoms. The highest BCUT2D eigenvalue weighted by molar-refractivity contribution is 5.89. The number of aromatic carboxylic acids is 1. The molecule has 1 aliphatic rings. The van der Waals surface area contributed by atoms with Crippen molar-refractivity contribution in [1.82, 2.24) is 10.6 Å². The fraction of sp³-hybridized carbons (Fsp3) is 0.500. The summed E-state index contributed by atoms with van der Waals surface area (Å²) in [6.45, 7) is 2.49. The van der Waals surface area contributed by atoms with Crippen LogP contribution in [0.4, 0.5) is 4.79 Å². The number of benzene rings is 1. The molecule has 5 nitrogen and oxygen atoms in total. The lowest BCUT2D eigenvalue weighted by molar-refractivity contribution is 0.0695. The molecule has 1 aliphatic carbocycles. The maximum atomic E-state index is 11.9. The Morgan fingerprint density at radius 2 is 1.90 bits per heavy atom. The zero-order valence-electron chi connectivity index (χ0n) is 12.3. The molecular formula is C16H22N2O3. The molecule has 1 aromatic rings. The highest BCUT2D eigenvalue weighted by Gasteiger charge is 2.29. The van der Waals surface area contributed by atoms with E-state index < -0.39 is 5.97 Å². The van der Waals surface area contributed by atoms with E-state index in [1.54, 1.807) is 24.3 Å². The molecule has 1 fully saturated rings. The third-order valence-electron chi connectivity index (χ3n) is 4.05. The van der Waals surface area contributed by atoms with Gasteiger partial charge in [-0.15, -0.1) is 0 Å². The minimum absolute atomic E-state index is 0.0942. The Bertz CT molecular complexity index is 522. The van der Waals surface area contributed by atoms with Gasteiger partial charge in [0.2, 0.25) is 0 Å². The van der Waals surface area contributed by atoms with E-state index in [4.69, 9.17) is 5.11 Å². The fourth-order valence-electron chi connectivity index (χ4n) is 2.86. The minimum atomic E-state index is -0.937. The molecule has 0 aliphatic heterocycles. The van der Waals surface area contributed by atoms with Crippen molar-refractivity contribution in [2.75, 3.05) is 6.54 Å². The van der Waals surface area contributed by atoms with Crippen molar-refractivity contribution in [3.8, 4) is 0 Å². The highest BCUT2D eigenvalue weighted by atomic mass is 16.4. The van der Waals surface area contributed by atoms with Gasteiger partial charge in [0.1, 0.15) is 0 Å². The van der Waals surface area contributed by atoms with E-state index >= 15 is 0 Å². The third kappa shape index (κ3) is 4.21. The molecule has 1 saturated carbocycles. The van der Waals surface area contributed by atoms with Gasteiger partial charge in [-0.25, -0.2) is 9.59 Å². The maximum absolute atomic E-state index is 11.9. The molecule has 0 heterocycles. The summed E-state index contributed by atoms with van der Waals surface area (Å²) in [5, 5.41) is 14.9. The standard InChI is InChI=1S/C16H22N2O3/c1-16(9-4-5-10-16)18-15(21)17-11-8-12-6-2-3-7-13(12)14(19)20/h2-3,6-7H,4-5,8-11H2,1H3,(H,19,20)(H2,17,18,21). The molecule has 0 atom stereocenters. The molecule has 0 bridgehead atoms. The minimum Gasteiger partial charge on any atom is -0.478 e. The number of carboxylic acid groups (broad SMARTS) is 1. The molecule has 21 heavy (non-hydrogen) atoms. The summed E-state index contributed by atoms with van der Waals surface area (Å²) in [6.07, 6.45) is 4.85. The first-order chi connectivity index (χ1) is 10.0. The molecule has 5 heteroatoms. The Labute approximate surface area is 124 Å². The zero-order valence-corrected chi connectivity index (χ0v) is 12.3. The van der Waals surface area contributed by atoms with Crippen LogP contribution in [0.2, 0.25) is 0 Å². The summed E-state index contributed by atoms with van der Waals surface area (Å²) in [5.41, 5.74) is 0.933. The number of hydrogen-bond acceptors (Lipinski definition) is 2. The first-order valence-corrected chi connectivity index (χ1v) is 7.37. The van der Waals surface area contributed by atoms with Crippen LogP contribution in [0.15, 0.2) is 24.3 Å². The van der Waals surface area contributed by atoms with Crippen molar-refractivity contribution >= 4 is 12.0 Å². The van der Waals surface area contributed by atoms with Gasteiger partial charge < -0.3 is 15.7 Å². The van der Waals surface area contributed by atoms with Gasteiger partial charge in [0, 0.05) is 12.1 Å². The van der Waals surface area contributed by atoms with Gasteiger partial charge in [-0.2, -0.15) is 0 Å². The molecule has 1 aromatic carbocycles. The third-order valence-corrected chi connectivity index (χ3v) is 4.05. The summed E-state index contributed by atoms with van der Waals surface area (Å²) in [7, 11) is 0. The van der Waals surface area contributed by atoms with Gasteiger partial charge >= 0.3 is 12.0 Å². The van der Waals surface area contributed by atoms with Crippen LogP contribution < -0.4 is 10.6 Å². The molecule has 3 N–H and O–H groups in total. The van der Waals surface area contributed by atoms with Gasteiger partial charge in [-0.3, -0.25) is 0 Å². The Morgan fingerprint density at radius 3 is 2.57 bits per heavy atom. The van der Waals surface area contributed by atoms with E-state index in [0.717, 1.165) is 31.2 Å². The van der Waals surface area contributed by atoms with Gasteiger partial charge in [-0.1, -0.05) is 31.0 Å². The molecule has 0 unspecified atom stereocenters.